The lowest BCUT2D eigenvalue weighted by molar-refractivity contribution is -0.168. The van der Waals surface area contributed by atoms with Gasteiger partial charge in [0.25, 0.3) is 0 Å². The van der Waals surface area contributed by atoms with Crippen LogP contribution >= 0.6 is 0 Å². The van der Waals surface area contributed by atoms with Crippen LogP contribution in [0.2, 0.25) is 0 Å². The molecule has 2 aliphatic rings. The van der Waals surface area contributed by atoms with Crippen LogP contribution in [0.5, 0.6) is 0 Å². The summed E-state index contributed by atoms with van der Waals surface area (Å²) in [6.45, 7) is 4.88. The van der Waals surface area contributed by atoms with Crippen molar-refractivity contribution in [2.45, 2.75) is 38.6 Å². The Labute approximate surface area is 175 Å². The maximum atomic E-state index is 13.3. The van der Waals surface area contributed by atoms with Gasteiger partial charge >= 0.3 is 6.18 Å². The Morgan fingerprint density at radius 1 is 1.13 bits per heavy atom. The van der Waals surface area contributed by atoms with Gasteiger partial charge in [0.05, 0.1) is 18.1 Å². The molecule has 0 saturated carbocycles. The monoisotopic (exact) mass is 434 g/mol. The Morgan fingerprint density at radius 2 is 1.87 bits per heavy atom. The third-order valence-corrected chi connectivity index (χ3v) is 5.77. The molecule has 9 nitrogen and oxygen atoms in total. The van der Waals surface area contributed by atoms with E-state index in [2.05, 4.69) is 19.9 Å². The summed E-state index contributed by atoms with van der Waals surface area (Å²) in [5.74, 6) is 0.0592. The largest absolute Gasteiger partial charge is 0.393 e. The van der Waals surface area contributed by atoms with Crippen molar-refractivity contribution in [3.63, 3.8) is 0 Å². The second kappa shape index (κ2) is 6.74. The molecule has 0 radical (unpaired) electrons. The molecule has 0 amide bonds. The lowest BCUT2D eigenvalue weighted by atomic mass is 10.1. The number of alkyl halides is 3. The molecule has 2 aliphatic heterocycles. The van der Waals surface area contributed by atoms with Crippen molar-refractivity contribution in [1.82, 2.24) is 29.5 Å². The second-order valence-corrected chi connectivity index (χ2v) is 8.29. The normalized spacial score (nSPS) is 20.9. The summed E-state index contributed by atoms with van der Waals surface area (Å²) in [6, 6.07) is 0. The number of nitrogens with zero attached hydrogens (tertiary/aromatic N) is 7. The van der Waals surface area contributed by atoms with Crippen molar-refractivity contribution >= 4 is 22.9 Å². The smallest absolute Gasteiger partial charge is 0.368 e. The Bertz CT molecular complexity index is 1140. The van der Waals surface area contributed by atoms with Crippen LogP contribution in [0.15, 0.2) is 12.4 Å². The van der Waals surface area contributed by atoms with E-state index < -0.39 is 17.7 Å². The number of fused-ring (bicyclic) bond motifs is 3. The number of halogens is 3. The topological polar surface area (TPSA) is 108 Å². The minimum atomic E-state index is -4.25. The average Bonchev–Trinajstić information content (AvgIpc) is 3.34. The number of imidazole rings is 1. The Hall–Kier alpha value is -3.02. The van der Waals surface area contributed by atoms with Crippen molar-refractivity contribution in [3.8, 4) is 11.4 Å². The predicted octanol–water partition coefficient (Wildman–Crippen LogP) is 2.52. The molecule has 31 heavy (non-hydrogen) atoms. The second-order valence-electron chi connectivity index (χ2n) is 8.29. The zero-order valence-corrected chi connectivity index (χ0v) is 17.0. The first kappa shape index (κ1) is 19.9. The highest BCUT2D eigenvalue weighted by Crippen LogP contribution is 2.39. The fourth-order valence-electron chi connectivity index (χ4n) is 4.14. The van der Waals surface area contributed by atoms with E-state index in [0.29, 0.717) is 47.3 Å². The maximum Gasteiger partial charge on any atom is 0.393 e. The molecule has 0 aliphatic carbocycles. The molecule has 0 spiro atoms. The number of nitrogen functional groups attached to an aromatic ring is 1. The van der Waals surface area contributed by atoms with Crippen molar-refractivity contribution in [2.75, 3.05) is 30.3 Å². The minimum Gasteiger partial charge on any atom is -0.368 e. The fourth-order valence-corrected chi connectivity index (χ4v) is 4.14. The summed E-state index contributed by atoms with van der Waals surface area (Å²) in [6.07, 6.45) is -1.25. The first-order chi connectivity index (χ1) is 14.6. The third-order valence-electron chi connectivity index (χ3n) is 5.77. The first-order valence-corrected chi connectivity index (χ1v) is 9.96. The third kappa shape index (κ3) is 3.34. The van der Waals surface area contributed by atoms with Gasteiger partial charge in [0.15, 0.2) is 22.8 Å². The summed E-state index contributed by atoms with van der Waals surface area (Å²) in [5, 5.41) is 0. The molecule has 3 aromatic heterocycles. The number of ether oxygens (including phenoxy) is 1. The summed E-state index contributed by atoms with van der Waals surface area (Å²) in [4.78, 5) is 23.6. The van der Waals surface area contributed by atoms with Crippen LogP contribution < -0.4 is 10.6 Å². The van der Waals surface area contributed by atoms with Gasteiger partial charge in [0, 0.05) is 32.0 Å². The molecule has 0 bridgehead atoms. The number of aromatic nitrogens is 6. The van der Waals surface area contributed by atoms with Crippen molar-refractivity contribution in [3.05, 3.63) is 18.2 Å². The van der Waals surface area contributed by atoms with Gasteiger partial charge in [-0.15, -0.1) is 0 Å². The van der Waals surface area contributed by atoms with Gasteiger partial charge in [-0.25, -0.2) is 24.9 Å². The number of nitrogens with two attached hydrogens (primary N) is 1. The van der Waals surface area contributed by atoms with E-state index in [1.807, 2.05) is 18.4 Å². The summed E-state index contributed by atoms with van der Waals surface area (Å²) >= 11 is 0. The zero-order chi connectivity index (χ0) is 22.0. The Kier molecular flexibility index (Phi) is 4.33. The number of hydrogen-bond acceptors (Lipinski definition) is 8. The highest BCUT2D eigenvalue weighted by atomic mass is 19.4. The molecule has 12 heteroatoms. The quantitative estimate of drug-likeness (QED) is 0.656. The van der Waals surface area contributed by atoms with E-state index in [0.717, 1.165) is 0 Å². The van der Waals surface area contributed by atoms with Gasteiger partial charge in [-0.1, -0.05) is 0 Å². The van der Waals surface area contributed by atoms with Crippen LogP contribution in [-0.2, 0) is 16.9 Å². The predicted molar refractivity (Wildman–Crippen MR) is 106 cm³/mol. The molecule has 164 valence electrons. The molecule has 1 atom stereocenters. The highest BCUT2D eigenvalue weighted by molar-refractivity contribution is 5.86. The number of hydrogen-bond donors (Lipinski definition) is 1. The lowest BCUT2D eigenvalue weighted by Gasteiger charge is -2.30. The summed E-state index contributed by atoms with van der Waals surface area (Å²) < 4.78 is 47.7. The molecule has 5 rings (SSSR count). The number of rotatable bonds is 2. The zero-order valence-electron chi connectivity index (χ0n) is 17.0. The fraction of sp³-hybridized carbons (Fsp3) is 0.526. The van der Waals surface area contributed by atoms with Crippen molar-refractivity contribution in [1.29, 1.82) is 0 Å². The van der Waals surface area contributed by atoms with Gasteiger partial charge in [-0.3, -0.25) is 0 Å². The van der Waals surface area contributed by atoms with Crippen molar-refractivity contribution in [2.24, 2.45) is 5.92 Å². The summed E-state index contributed by atoms with van der Waals surface area (Å²) in [7, 11) is 0. The van der Waals surface area contributed by atoms with Crippen LogP contribution in [-0.4, -0.2) is 55.4 Å². The van der Waals surface area contributed by atoms with Crippen molar-refractivity contribution < 1.29 is 17.9 Å². The van der Waals surface area contributed by atoms with E-state index in [1.165, 1.54) is 12.4 Å². The standard InChI is InChI=1S/C19H21F3N8O/c1-18(2)16-26-12-14(29-4-3-11(9-29)19(20,21)22)27-13(10-7-24-17(23)25-8-10)28-15(12)30(16)5-6-31-18/h7-8,11H,3-6,9H2,1-2H3,(H2,23,24,25). The molecule has 1 saturated heterocycles. The van der Waals surface area contributed by atoms with Crippen LogP contribution in [0.4, 0.5) is 24.9 Å². The number of anilines is 2. The average molecular weight is 434 g/mol. The first-order valence-electron chi connectivity index (χ1n) is 9.96. The van der Waals surface area contributed by atoms with Crippen LogP contribution in [0, 0.1) is 5.92 Å². The van der Waals surface area contributed by atoms with Crippen LogP contribution in [0.25, 0.3) is 22.6 Å². The minimum absolute atomic E-state index is 0.0114. The molecular weight excluding hydrogens is 413 g/mol. The van der Waals surface area contributed by atoms with Crippen LogP contribution in [0.3, 0.4) is 0 Å². The molecule has 1 fully saturated rings. The molecule has 1 unspecified atom stereocenters. The van der Waals surface area contributed by atoms with E-state index in [9.17, 15) is 13.2 Å². The Morgan fingerprint density at radius 3 is 2.55 bits per heavy atom. The van der Waals surface area contributed by atoms with Gasteiger partial charge in [0.1, 0.15) is 11.4 Å². The highest BCUT2D eigenvalue weighted by Gasteiger charge is 2.44. The van der Waals surface area contributed by atoms with E-state index in [-0.39, 0.29) is 25.5 Å². The van der Waals surface area contributed by atoms with E-state index >= 15 is 0 Å². The SMILES string of the molecule is CC1(C)OCCn2c1nc1c(N3CCC(C(F)(F)F)C3)nc(-c3cnc(N)nc3)nc12. The lowest BCUT2D eigenvalue weighted by Crippen LogP contribution is -2.33. The van der Waals surface area contributed by atoms with Gasteiger partial charge in [-0.05, 0) is 20.3 Å². The van der Waals surface area contributed by atoms with E-state index in [4.69, 9.17) is 15.5 Å². The molecule has 0 aromatic carbocycles. The molecule has 3 aromatic rings. The molecular formula is C19H21F3N8O. The Balaban J connectivity index is 1.69. The molecule has 2 N–H and O–H groups in total. The van der Waals surface area contributed by atoms with E-state index in [1.54, 1.807) is 4.90 Å². The maximum absolute atomic E-state index is 13.3. The van der Waals surface area contributed by atoms with Crippen LogP contribution in [0.1, 0.15) is 26.1 Å². The van der Waals surface area contributed by atoms with Gasteiger partial charge in [-0.2, -0.15) is 13.2 Å². The van der Waals surface area contributed by atoms with Gasteiger partial charge in [0.2, 0.25) is 5.95 Å². The van der Waals surface area contributed by atoms with Gasteiger partial charge < -0.3 is 19.9 Å². The summed E-state index contributed by atoms with van der Waals surface area (Å²) in [5.41, 5.74) is 6.47. The molecule has 5 heterocycles.